The zero-order valence-electron chi connectivity index (χ0n) is 14.3. The van der Waals surface area contributed by atoms with Gasteiger partial charge in [-0.3, -0.25) is 9.88 Å². The molecule has 26 heavy (non-hydrogen) atoms. The van der Waals surface area contributed by atoms with Crippen LogP contribution in [-0.2, 0) is 19.5 Å². The van der Waals surface area contributed by atoms with E-state index in [9.17, 15) is 0 Å². The Morgan fingerprint density at radius 2 is 2.00 bits per heavy atom. The molecule has 0 fully saturated rings. The molecular formula is C21H18N4O. The number of benzene rings is 1. The van der Waals surface area contributed by atoms with E-state index in [0.717, 1.165) is 43.0 Å². The predicted molar refractivity (Wildman–Crippen MR) is 99.3 cm³/mol. The van der Waals surface area contributed by atoms with Crippen LogP contribution in [-0.4, -0.2) is 26.4 Å². The van der Waals surface area contributed by atoms with E-state index in [4.69, 9.17) is 9.40 Å². The summed E-state index contributed by atoms with van der Waals surface area (Å²) in [5.41, 5.74) is 4.60. The summed E-state index contributed by atoms with van der Waals surface area (Å²) in [5.74, 6) is 1.39. The van der Waals surface area contributed by atoms with E-state index in [1.165, 1.54) is 16.5 Å². The topological polar surface area (TPSA) is 55.1 Å². The molecular weight excluding hydrogens is 324 g/mol. The van der Waals surface area contributed by atoms with Gasteiger partial charge in [-0.25, -0.2) is 9.97 Å². The Labute approximate surface area is 151 Å². The molecule has 0 saturated carbocycles. The van der Waals surface area contributed by atoms with Crippen molar-refractivity contribution in [1.82, 2.24) is 19.9 Å². The molecule has 0 N–H and O–H groups in total. The summed E-state index contributed by atoms with van der Waals surface area (Å²) < 4.78 is 5.40. The lowest BCUT2D eigenvalue weighted by molar-refractivity contribution is 0.243. The number of rotatable bonds is 3. The first-order valence-electron chi connectivity index (χ1n) is 8.80. The standard InChI is InChI=1S/C21H18N4O/c1-2-5-18-16(4-1)10-15(11-22-18)13-25-8-7-19-17(14-25)12-23-21(24-19)20-6-3-9-26-20/h1-6,9-12H,7-8,13-14H2. The Bertz CT molecular complexity index is 1060. The van der Waals surface area contributed by atoms with Crippen LogP contribution in [0.1, 0.15) is 16.8 Å². The molecule has 0 saturated heterocycles. The summed E-state index contributed by atoms with van der Waals surface area (Å²) >= 11 is 0. The summed E-state index contributed by atoms with van der Waals surface area (Å²) in [7, 11) is 0. The van der Waals surface area contributed by atoms with Gasteiger partial charge in [-0.1, -0.05) is 18.2 Å². The average molecular weight is 342 g/mol. The van der Waals surface area contributed by atoms with Crippen molar-refractivity contribution in [3.8, 4) is 11.6 Å². The van der Waals surface area contributed by atoms with Gasteiger partial charge in [0, 0.05) is 49.4 Å². The highest BCUT2D eigenvalue weighted by Crippen LogP contribution is 2.23. The van der Waals surface area contributed by atoms with Crippen LogP contribution in [0, 0.1) is 0 Å². The number of nitrogens with zero attached hydrogens (tertiary/aromatic N) is 4. The minimum absolute atomic E-state index is 0.668. The van der Waals surface area contributed by atoms with Crippen molar-refractivity contribution in [2.75, 3.05) is 6.54 Å². The van der Waals surface area contributed by atoms with Crippen molar-refractivity contribution < 1.29 is 4.42 Å². The normalized spacial score (nSPS) is 14.5. The Balaban J connectivity index is 1.35. The molecule has 1 aliphatic heterocycles. The molecule has 1 aromatic carbocycles. The second-order valence-electron chi connectivity index (χ2n) is 6.64. The SMILES string of the molecule is c1coc(-c2ncc3c(n2)CCN(Cc2cnc4ccccc4c2)C3)c1. The fourth-order valence-electron chi connectivity index (χ4n) is 3.50. The van der Waals surface area contributed by atoms with Crippen molar-refractivity contribution in [3.63, 3.8) is 0 Å². The number of furan rings is 1. The Hall–Kier alpha value is -3.05. The van der Waals surface area contributed by atoms with Crippen molar-refractivity contribution in [1.29, 1.82) is 0 Å². The van der Waals surface area contributed by atoms with Gasteiger partial charge in [0.05, 0.1) is 17.5 Å². The van der Waals surface area contributed by atoms with Crippen molar-refractivity contribution in [3.05, 3.63) is 77.9 Å². The maximum Gasteiger partial charge on any atom is 0.195 e. The Morgan fingerprint density at radius 3 is 2.92 bits per heavy atom. The monoisotopic (exact) mass is 342 g/mol. The number of hydrogen-bond acceptors (Lipinski definition) is 5. The Morgan fingerprint density at radius 1 is 1.04 bits per heavy atom. The van der Waals surface area contributed by atoms with Gasteiger partial charge in [-0.2, -0.15) is 0 Å². The molecule has 5 heteroatoms. The van der Waals surface area contributed by atoms with Crippen LogP contribution in [0.2, 0.25) is 0 Å². The maximum atomic E-state index is 5.40. The second kappa shape index (κ2) is 6.35. The lowest BCUT2D eigenvalue weighted by Crippen LogP contribution is -2.31. The van der Waals surface area contributed by atoms with Gasteiger partial charge in [0.2, 0.25) is 0 Å². The molecule has 128 valence electrons. The maximum absolute atomic E-state index is 5.40. The van der Waals surface area contributed by atoms with Crippen LogP contribution in [0.15, 0.2) is 65.5 Å². The predicted octanol–water partition coefficient (Wildman–Crippen LogP) is 3.84. The first kappa shape index (κ1) is 15.2. The van der Waals surface area contributed by atoms with Crippen LogP contribution >= 0.6 is 0 Å². The fourth-order valence-corrected chi connectivity index (χ4v) is 3.50. The minimum atomic E-state index is 0.668. The van der Waals surface area contributed by atoms with Gasteiger partial charge in [0.25, 0.3) is 0 Å². The van der Waals surface area contributed by atoms with Crippen LogP contribution in [0.3, 0.4) is 0 Å². The molecule has 3 aromatic heterocycles. The molecule has 4 aromatic rings. The smallest absolute Gasteiger partial charge is 0.195 e. The molecule has 5 rings (SSSR count). The third kappa shape index (κ3) is 2.86. The van der Waals surface area contributed by atoms with Crippen molar-refractivity contribution in [2.45, 2.75) is 19.5 Å². The van der Waals surface area contributed by atoms with E-state index in [2.05, 4.69) is 33.1 Å². The molecule has 5 nitrogen and oxygen atoms in total. The molecule has 0 spiro atoms. The summed E-state index contributed by atoms with van der Waals surface area (Å²) in [6.45, 7) is 2.73. The molecule has 1 aliphatic rings. The number of aromatic nitrogens is 3. The minimum Gasteiger partial charge on any atom is -0.461 e. The summed E-state index contributed by atoms with van der Waals surface area (Å²) in [6, 6.07) is 14.2. The van der Waals surface area contributed by atoms with Crippen LogP contribution in [0.5, 0.6) is 0 Å². The van der Waals surface area contributed by atoms with E-state index in [-0.39, 0.29) is 0 Å². The van der Waals surface area contributed by atoms with Gasteiger partial charge in [-0.15, -0.1) is 0 Å². The van der Waals surface area contributed by atoms with E-state index < -0.39 is 0 Å². The first-order chi connectivity index (χ1) is 12.8. The average Bonchev–Trinajstić information content (AvgIpc) is 3.22. The molecule has 0 radical (unpaired) electrons. The van der Waals surface area contributed by atoms with E-state index in [1.54, 1.807) is 6.26 Å². The number of hydrogen-bond donors (Lipinski definition) is 0. The van der Waals surface area contributed by atoms with Gasteiger partial charge in [-0.05, 0) is 29.8 Å². The lowest BCUT2D eigenvalue weighted by Gasteiger charge is -2.28. The van der Waals surface area contributed by atoms with Gasteiger partial charge >= 0.3 is 0 Å². The largest absolute Gasteiger partial charge is 0.461 e. The van der Waals surface area contributed by atoms with Crippen molar-refractivity contribution >= 4 is 10.9 Å². The zero-order chi connectivity index (χ0) is 17.3. The molecule has 0 atom stereocenters. The lowest BCUT2D eigenvalue weighted by atomic mass is 10.1. The zero-order valence-corrected chi connectivity index (χ0v) is 14.3. The van der Waals surface area contributed by atoms with Crippen LogP contribution in [0.4, 0.5) is 0 Å². The third-order valence-electron chi connectivity index (χ3n) is 4.81. The first-order valence-corrected chi connectivity index (χ1v) is 8.80. The summed E-state index contributed by atoms with van der Waals surface area (Å²) in [5, 5.41) is 1.19. The van der Waals surface area contributed by atoms with E-state index in [0.29, 0.717) is 5.82 Å². The van der Waals surface area contributed by atoms with Gasteiger partial charge < -0.3 is 4.42 Å². The molecule has 0 bridgehead atoms. The second-order valence-corrected chi connectivity index (χ2v) is 6.64. The van der Waals surface area contributed by atoms with Gasteiger partial charge in [0.1, 0.15) is 0 Å². The number of pyridine rings is 1. The van der Waals surface area contributed by atoms with Gasteiger partial charge in [0.15, 0.2) is 11.6 Å². The Kier molecular flexibility index (Phi) is 3.72. The quantitative estimate of drug-likeness (QED) is 0.566. The number of para-hydroxylation sites is 1. The molecule has 0 amide bonds. The molecule has 4 heterocycles. The third-order valence-corrected chi connectivity index (χ3v) is 4.81. The highest BCUT2D eigenvalue weighted by Gasteiger charge is 2.19. The number of fused-ring (bicyclic) bond motifs is 2. The van der Waals surface area contributed by atoms with E-state index in [1.807, 2.05) is 36.7 Å². The summed E-state index contributed by atoms with van der Waals surface area (Å²) in [4.78, 5) is 16.2. The summed E-state index contributed by atoms with van der Waals surface area (Å²) in [6.07, 6.45) is 6.49. The highest BCUT2D eigenvalue weighted by molar-refractivity contribution is 5.78. The fraction of sp³-hybridized carbons (Fsp3) is 0.190. The van der Waals surface area contributed by atoms with Crippen LogP contribution < -0.4 is 0 Å². The van der Waals surface area contributed by atoms with Crippen molar-refractivity contribution in [2.24, 2.45) is 0 Å². The van der Waals surface area contributed by atoms with Crippen LogP contribution in [0.25, 0.3) is 22.5 Å². The highest BCUT2D eigenvalue weighted by atomic mass is 16.3. The molecule has 0 aliphatic carbocycles. The van der Waals surface area contributed by atoms with E-state index >= 15 is 0 Å². The molecule has 0 unspecified atom stereocenters.